The molecular weight excluding hydrogens is 360 g/mol. The first-order valence-corrected chi connectivity index (χ1v) is 10.2. The number of carbonyl (C=O) groups is 1. The van der Waals surface area contributed by atoms with Gasteiger partial charge in [-0.05, 0) is 63.5 Å². The van der Waals surface area contributed by atoms with Crippen molar-refractivity contribution in [3.8, 4) is 0 Å². The van der Waals surface area contributed by atoms with E-state index in [-0.39, 0.29) is 11.9 Å². The zero-order chi connectivity index (χ0) is 19.6. The third kappa shape index (κ3) is 4.89. The lowest BCUT2D eigenvalue weighted by molar-refractivity contribution is 0.0919. The summed E-state index contributed by atoms with van der Waals surface area (Å²) >= 11 is 5.98. The van der Waals surface area contributed by atoms with E-state index in [0.29, 0.717) is 28.1 Å². The van der Waals surface area contributed by atoms with Crippen LogP contribution < -0.4 is 5.32 Å². The van der Waals surface area contributed by atoms with Crippen LogP contribution in [0.2, 0.25) is 5.02 Å². The molecule has 5 nitrogen and oxygen atoms in total. The van der Waals surface area contributed by atoms with Crippen LogP contribution in [0.25, 0.3) is 0 Å². The number of halogens is 1. The lowest BCUT2D eigenvalue weighted by atomic mass is 9.86. The van der Waals surface area contributed by atoms with Crippen molar-refractivity contribution in [2.75, 3.05) is 0 Å². The van der Waals surface area contributed by atoms with E-state index < -0.39 is 0 Å². The largest absolute Gasteiger partial charge is 0.349 e. The Balaban J connectivity index is 1.53. The van der Waals surface area contributed by atoms with Gasteiger partial charge in [0, 0.05) is 24.5 Å². The normalized spacial score (nSPS) is 20.1. The topological polar surface area (TPSA) is 59.8 Å². The number of nitrogens with one attached hydrogen (secondary N) is 1. The first-order valence-electron chi connectivity index (χ1n) is 9.81. The molecule has 146 valence electrons. The van der Waals surface area contributed by atoms with E-state index in [0.717, 1.165) is 32.2 Å². The van der Waals surface area contributed by atoms with E-state index in [2.05, 4.69) is 41.8 Å². The van der Waals surface area contributed by atoms with Crippen molar-refractivity contribution in [2.24, 2.45) is 5.92 Å². The standard InChI is InChI=1S/C21H29ClN4O/c1-13(2)20-9-14(3)26(25-20)12-16-5-7-18(8-6-16)24-21(27)19-10-17(22)11-23-15(19)4/h9-11,13,16,18H,5-8,12H2,1-4H3,(H,24,27)/t16-,18-. The van der Waals surface area contributed by atoms with Crippen LogP contribution in [0.15, 0.2) is 18.3 Å². The molecule has 2 aromatic heterocycles. The highest BCUT2D eigenvalue weighted by Crippen LogP contribution is 2.27. The lowest BCUT2D eigenvalue weighted by Crippen LogP contribution is -2.38. The molecule has 0 aliphatic heterocycles. The van der Waals surface area contributed by atoms with E-state index in [1.54, 1.807) is 12.3 Å². The van der Waals surface area contributed by atoms with Crippen molar-refractivity contribution in [3.05, 3.63) is 46.0 Å². The van der Waals surface area contributed by atoms with Crippen LogP contribution in [-0.4, -0.2) is 26.7 Å². The maximum absolute atomic E-state index is 12.5. The van der Waals surface area contributed by atoms with Gasteiger partial charge in [-0.25, -0.2) is 0 Å². The predicted molar refractivity (Wildman–Crippen MR) is 108 cm³/mol. The fourth-order valence-corrected chi connectivity index (χ4v) is 3.90. The molecule has 1 aliphatic carbocycles. The van der Waals surface area contributed by atoms with Gasteiger partial charge < -0.3 is 5.32 Å². The molecule has 1 amide bonds. The maximum atomic E-state index is 12.5. The highest BCUT2D eigenvalue weighted by atomic mass is 35.5. The van der Waals surface area contributed by atoms with Crippen molar-refractivity contribution in [1.29, 1.82) is 0 Å². The highest BCUT2D eigenvalue weighted by Gasteiger charge is 2.24. The molecule has 27 heavy (non-hydrogen) atoms. The number of rotatable bonds is 5. The van der Waals surface area contributed by atoms with E-state index in [1.165, 1.54) is 11.4 Å². The van der Waals surface area contributed by atoms with Crippen molar-refractivity contribution >= 4 is 17.5 Å². The smallest absolute Gasteiger partial charge is 0.253 e. The van der Waals surface area contributed by atoms with Gasteiger partial charge in [0.1, 0.15) is 0 Å². The molecule has 2 aromatic rings. The van der Waals surface area contributed by atoms with Crippen molar-refractivity contribution in [1.82, 2.24) is 20.1 Å². The Morgan fingerprint density at radius 2 is 1.96 bits per heavy atom. The van der Waals surface area contributed by atoms with Gasteiger partial charge in [0.05, 0.1) is 22.0 Å². The summed E-state index contributed by atoms with van der Waals surface area (Å²) in [6.45, 7) is 9.29. The van der Waals surface area contributed by atoms with Gasteiger partial charge in [0.15, 0.2) is 0 Å². The second-order valence-electron chi connectivity index (χ2n) is 8.03. The molecule has 1 N–H and O–H groups in total. The third-order valence-corrected chi connectivity index (χ3v) is 5.71. The first kappa shape index (κ1) is 19.9. The Bertz CT molecular complexity index is 807. The molecule has 0 aromatic carbocycles. The number of nitrogens with zero attached hydrogens (tertiary/aromatic N) is 3. The average molecular weight is 389 g/mol. The summed E-state index contributed by atoms with van der Waals surface area (Å²) < 4.78 is 2.15. The van der Waals surface area contributed by atoms with E-state index in [4.69, 9.17) is 16.7 Å². The van der Waals surface area contributed by atoms with Gasteiger partial charge in [-0.2, -0.15) is 5.10 Å². The predicted octanol–water partition coefficient (Wildman–Crippen LogP) is 4.66. The van der Waals surface area contributed by atoms with Crippen LogP contribution in [-0.2, 0) is 6.54 Å². The minimum atomic E-state index is -0.0737. The summed E-state index contributed by atoms with van der Waals surface area (Å²) in [5.74, 6) is 1.00. The number of hydrogen-bond donors (Lipinski definition) is 1. The molecule has 0 unspecified atom stereocenters. The van der Waals surface area contributed by atoms with Crippen LogP contribution in [0.1, 0.15) is 72.9 Å². The summed E-state index contributed by atoms with van der Waals surface area (Å²) in [5.41, 5.74) is 3.68. The molecule has 0 radical (unpaired) electrons. The Hall–Kier alpha value is -1.88. The van der Waals surface area contributed by atoms with Gasteiger partial charge in [0.2, 0.25) is 0 Å². The van der Waals surface area contributed by atoms with Crippen molar-refractivity contribution in [2.45, 2.75) is 71.9 Å². The van der Waals surface area contributed by atoms with Gasteiger partial charge in [-0.15, -0.1) is 0 Å². The Morgan fingerprint density at radius 3 is 2.59 bits per heavy atom. The molecule has 0 bridgehead atoms. The minimum absolute atomic E-state index is 0.0737. The van der Waals surface area contributed by atoms with Crippen LogP contribution in [0, 0.1) is 19.8 Å². The molecule has 1 saturated carbocycles. The third-order valence-electron chi connectivity index (χ3n) is 5.50. The Morgan fingerprint density at radius 1 is 1.26 bits per heavy atom. The number of carbonyl (C=O) groups excluding carboxylic acids is 1. The van der Waals surface area contributed by atoms with Crippen LogP contribution >= 0.6 is 11.6 Å². The zero-order valence-electron chi connectivity index (χ0n) is 16.6. The number of aryl methyl sites for hydroxylation is 2. The summed E-state index contributed by atoms with van der Waals surface area (Å²) in [7, 11) is 0. The molecule has 6 heteroatoms. The second-order valence-corrected chi connectivity index (χ2v) is 8.46. The van der Waals surface area contributed by atoms with Crippen LogP contribution in [0.5, 0.6) is 0 Å². The molecule has 0 spiro atoms. The van der Waals surface area contributed by atoms with E-state index in [1.807, 2.05) is 6.92 Å². The molecule has 1 fully saturated rings. The zero-order valence-corrected chi connectivity index (χ0v) is 17.4. The van der Waals surface area contributed by atoms with Crippen LogP contribution in [0.4, 0.5) is 0 Å². The summed E-state index contributed by atoms with van der Waals surface area (Å²) in [5, 5.41) is 8.40. The Labute approximate surface area is 166 Å². The molecule has 0 saturated heterocycles. The maximum Gasteiger partial charge on any atom is 0.253 e. The van der Waals surface area contributed by atoms with Gasteiger partial charge in [0.25, 0.3) is 5.91 Å². The Kier molecular flexibility index (Phi) is 6.20. The first-order chi connectivity index (χ1) is 12.8. The monoisotopic (exact) mass is 388 g/mol. The average Bonchev–Trinajstić information content (AvgIpc) is 2.99. The van der Waals surface area contributed by atoms with Crippen molar-refractivity contribution < 1.29 is 4.79 Å². The quantitative estimate of drug-likeness (QED) is 0.810. The van der Waals surface area contributed by atoms with Gasteiger partial charge in [-0.3, -0.25) is 14.5 Å². The summed E-state index contributed by atoms with van der Waals surface area (Å²) in [4.78, 5) is 16.7. The van der Waals surface area contributed by atoms with Gasteiger partial charge >= 0.3 is 0 Å². The number of pyridine rings is 1. The fraction of sp³-hybridized carbons (Fsp3) is 0.571. The van der Waals surface area contributed by atoms with Crippen molar-refractivity contribution in [3.63, 3.8) is 0 Å². The fourth-order valence-electron chi connectivity index (χ4n) is 3.74. The number of hydrogen-bond acceptors (Lipinski definition) is 3. The number of aromatic nitrogens is 3. The van der Waals surface area contributed by atoms with Gasteiger partial charge in [-0.1, -0.05) is 25.4 Å². The lowest BCUT2D eigenvalue weighted by Gasteiger charge is -2.29. The van der Waals surface area contributed by atoms with E-state index >= 15 is 0 Å². The second kappa shape index (κ2) is 8.42. The van der Waals surface area contributed by atoms with Crippen LogP contribution in [0.3, 0.4) is 0 Å². The molecule has 2 heterocycles. The SMILES string of the molecule is Cc1ncc(Cl)cc1C(=O)N[C@H]1CC[C@H](Cn2nc(C(C)C)cc2C)CC1. The summed E-state index contributed by atoms with van der Waals surface area (Å²) in [6.07, 6.45) is 5.78. The highest BCUT2D eigenvalue weighted by molar-refractivity contribution is 6.30. The minimum Gasteiger partial charge on any atom is -0.349 e. The molecular formula is C21H29ClN4O. The summed E-state index contributed by atoms with van der Waals surface area (Å²) in [6, 6.07) is 4.10. The number of amides is 1. The molecule has 1 aliphatic rings. The molecule has 3 rings (SSSR count). The molecule has 0 atom stereocenters. The van der Waals surface area contributed by atoms with E-state index in [9.17, 15) is 4.79 Å².